The molecule has 1 aromatic rings. The number of halogens is 1. The number of thioether (sulfide) groups is 1. The van der Waals surface area contributed by atoms with Crippen LogP contribution in [0, 0.1) is 0 Å². The van der Waals surface area contributed by atoms with Crippen LogP contribution in [0.4, 0.5) is 0 Å². The van der Waals surface area contributed by atoms with Gasteiger partial charge in [0.2, 0.25) is 0 Å². The fourth-order valence-corrected chi connectivity index (χ4v) is 3.44. The maximum absolute atomic E-state index is 6.20. The van der Waals surface area contributed by atoms with E-state index in [1.165, 1.54) is 25.7 Å². The van der Waals surface area contributed by atoms with Crippen molar-refractivity contribution in [3.05, 3.63) is 22.8 Å². The van der Waals surface area contributed by atoms with Gasteiger partial charge in [-0.25, -0.2) is 4.98 Å². The van der Waals surface area contributed by atoms with E-state index in [0.29, 0.717) is 11.3 Å². The SMILES string of the molecule is NC1CCCCCC1Sc1ccc(Br)cn1. The van der Waals surface area contributed by atoms with E-state index < -0.39 is 0 Å². The molecule has 0 bridgehead atoms. The molecule has 0 saturated heterocycles. The quantitative estimate of drug-likeness (QED) is 0.848. The third kappa shape index (κ3) is 3.47. The van der Waals surface area contributed by atoms with Gasteiger partial charge in [-0.3, -0.25) is 0 Å². The zero-order valence-corrected chi connectivity index (χ0v) is 11.6. The van der Waals surface area contributed by atoms with E-state index in [1.807, 2.05) is 24.0 Å². The van der Waals surface area contributed by atoms with Crippen LogP contribution in [0.1, 0.15) is 32.1 Å². The molecule has 1 fully saturated rings. The number of nitrogens with zero attached hydrogens (tertiary/aromatic N) is 1. The van der Waals surface area contributed by atoms with Gasteiger partial charge in [-0.15, -0.1) is 11.8 Å². The van der Waals surface area contributed by atoms with E-state index in [1.54, 1.807) is 0 Å². The molecule has 2 nitrogen and oxygen atoms in total. The van der Waals surface area contributed by atoms with Crippen LogP contribution in [-0.2, 0) is 0 Å². The highest BCUT2D eigenvalue weighted by atomic mass is 79.9. The number of rotatable bonds is 2. The zero-order valence-electron chi connectivity index (χ0n) is 9.23. The second-order valence-electron chi connectivity index (χ2n) is 4.27. The van der Waals surface area contributed by atoms with Gasteiger partial charge < -0.3 is 5.73 Å². The maximum Gasteiger partial charge on any atom is 0.0963 e. The van der Waals surface area contributed by atoms with Crippen LogP contribution >= 0.6 is 27.7 Å². The van der Waals surface area contributed by atoms with Crippen LogP contribution in [0.15, 0.2) is 27.8 Å². The van der Waals surface area contributed by atoms with Gasteiger partial charge >= 0.3 is 0 Å². The molecule has 0 spiro atoms. The van der Waals surface area contributed by atoms with Gasteiger partial charge in [0.25, 0.3) is 0 Å². The molecule has 0 amide bonds. The summed E-state index contributed by atoms with van der Waals surface area (Å²) in [6.07, 6.45) is 8.16. The lowest BCUT2D eigenvalue weighted by Gasteiger charge is -2.20. The van der Waals surface area contributed by atoms with Crippen LogP contribution in [-0.4, -0.2) is 16.3 Å². The van der Waals surface area contributed by atoms with Gasteiger partial charge in [-0.05, 0) is 40.9 Å². The summed E-state index contributed by atoms with van der Waals surface area (Å²) in [6, 6.07) is 4.43. The highest BCUT2D eigenvalue weighted by Crippen LogP contribution is 2.31. The maximum atomic E-state index is 6.20. The van der Waals surface area contributed by atoms with Crippen LogP contribution in [0.2, 0.25) is 0 Å². The first-order valence-corrected chi connectivity index (χ1v) is 7.47. The number of hydrogen-bond acceptors (Lipinski definition) is 3. The topological polar surface area (TPSA) is 38.9 Å². The van der Waals surface area contributed by atoms with Crippen molar-refractivity contribution in [3.8, 4) is 0 Å². The molecule has 0 aliphatic heterocycles. The van der Waals surface area contributed by atoms with Gasteiger partial charge in [0.05, 0.1) is 5.03 Å². The Morgan fingerprint density at radius 2 is 2.06 bits per heavy atom. The molecule has 16 heavy (non-hydrogen) atoms. The standard InChI is InChI=1S/C12H17BrN2S/c13-9-6-7-12(15-8-9)16-11-5-3-1-2-4-10(11)14/h6-8,10-11H,1-5,14H2. The fourth-order valence-electron chi connectivity index (χ4n) is 2.04. The fraction of sp³-hybridized carbons (Fsp3) is 0.583. The average molecular weight is 301 g/mol. The Bertz CT molecular complexity index is 328. The summed E-state index contributed by atoms with van der Waals surface area (Å²) in [6.45, 7) is 0. The molecule has 2 unspecified atom stereocenters. The van der Waals surface area contributed by atoms with E-state index in [0.717, 1.165) is 15.9 Å². The summed E-state index contributed by atoms with van der Waals surface area (Å²) < 4.78 is 1.03. The molecule has 0 aromatic carbocycles. The molecule has 0 radical (unpaired) electrons. The molecule has 2 rings (SSSR count). The van der Waals surface area contributed by atoms with Crippen molar-refractivity contribution < 1.29 is 0 Å². The Hall–Kier alpha value is -0.0600. The van der Waals surface area contributed by atoms with Crippen molar-refractivity contribution in [2.75, 3.05) is 0 Å². The van der Waals surface area contributed by atoms with E-state index in [2.05, 4.69) is 27.0 Å². The van der Waals surface area contributed by atoms with Crippen LogP contribution in [0.25, 0.3) is 0 Å². The Balaban J connectivity index is 1.99. The second kappa shape index (κ2) is 6.03. The minimum atomic E-state index is 0.331. The van der Waals surface area contributed by atoms with Crippen LogP contribution in [0.3, 0.4) is 0 Å². The molecule has 1 aliphatic rings. The molecule has 2 atom stereocenters. The van der Waals surface area contributed by atoms with Gasteiger partial charge in [-0.2, -0.15) is 0 Å². The predicted octanol–water partition coefficient (Wildman–Crippen LogP) is 3.60. The smallest absolute Gasteiger partial charge is 0.0963 e. The highest BCUT2D eigenvalue weighted by Gasteiger charge is 2.21. The summed E-state index contributed by atoms with van der Waals surface area (Å²) >= 11 is 5.24. The summed E-state index contributed by atoms with van der Waals surface area (Å²) in [4.78, 5) is 4.40. The molecule has 1 aromatic heterocycles. The highest BCUT2D eigenvalue weighted by molar-refractivity contribution is 9.10. The molecular formula is C12H17BrN2S. The molecule has 1 aliphatic carbocycles. The normalized spacial score (nSPS) is 26.4. The lowest BCUT2D eigenvalue weighted by Crippen LogP contribution is -2.31. The first-order valence-electron chi connectivity index (χ1n) is 5.79. The monoisotopic (exact) mass is 300 g/mol. The third-order valence-electron chi connectivity index (χ3n) is 2.98. The third-order valence-corrected chi connectivity index (χ3v) is 4.82. The Kier molecular flexibility index (Phi) is 4.67. The average Bonchev–Trinajstić information content (AvgIpc) is 2.48. The number of aromatic nitrogens is 1. The Morgan fingerprint density at radius 1 is 1.25 bits per heavy atom. The largest absolute Gasteiger partial charge is 0.327 e. The predicted molar refractivity (Wildman–Crippen MR) is 72.6 cm³/mol. The molecule has 2 N–H and O–H groups in total. The summed E-state index contributed by atoms with van der Waals surface area (Å²) in [5.74, 6) is 0. The summed E-state index contributed by atoms with van der Waals surface area (Å²) in [7, 11) is 0. The molecular weight excluding hydrogens is 284 g/mol. The number of nitrogens with two attached hydrogens (primary N) is 1. The van der Waals surface area contributed by atoms with E-state index in [-0.39, 0.29) is 0 Å². The first kappa shape index (κ1) is 12.4. The van der Waals surface area contributed by atoms with Crippen molar-refractivity contribution in [2.24, 2.45) is 5.73 Å². The van der Waals surface area contributed by atoms with Crippen molar-refractivity contribution in [2.45, 2.75) is 48.4 Å². The van der Waals surface area contributed by atoms with Crippen molar-refractivity contribution in [3.63, 3.8) is 0 Å². The van der Waals surface area contributed by atoms with Gasteiger partial charge in [0.1, 0.15) is 0 Å². The lowest BCUT2D eigenvalue weighted by atomic mass is 10.1. The summed E-state index contributed by atoms with van der Waals surface area (Å²) in [5.41, 5.74) is 6.20. The number of hydrogen-bond donors (Lipinski definition) is 1. The van der Waals surface area contributed by atoms with Crippen LogP contribution < -0.4 is 5.73 Å². The van der Waals surface area contributed by atoms with Gasteiger partial charge in [0.15, 0.2) is 0 Å². The van der Waals surface area contributed by atoms with Crippen molar-refractivity contribution >= 4 is 27.7 Å². The van der Waals surface area contributed by atoms with Crippen molar-refractivity contribution in [1.82, 2.24) is 4.98 Å². The Labute approximate surface area is 110 Å². The van der Waals surface area contributed by atoms with E-state index in [4.69, 9.17) is 5.73 Å². The molecule has 1 heterocycles. The minimum Gasteiger partial charge on any atom is -0.327 e. The van der Waals surface area contributed by atoms with Gasteiger partial charge in [-0.1, -0.05) is 19.3 Å². The zero-order chi connectivity index (χ0) is 11.4. The number of pyridine rings is 1. The van der Waals surface area contributed by atoms with E-state index in [9.17, 15) is 0 Å². The lowest BCUT2D eigenvalue weighted by molar-refractivity contribution is 0.596. The second-order valence-corrected chi connectivity index (χ2v) is 6.45. The first-order chi connectivity index (χ1) is 7.75. The van der Waals surface area contributed by atoms with E-state index >= 15 is 0 Å². The van der Waals surface area contributed by atoms with Gasteiger partial charge in [0, 0.05) is 22.0 Å². The minimum absolute atomic E-state index is 0.331. The van der Waals surface area contributed by atoms with Crippen LogP contribution in [0.5, 0.6) is 0 Å². The van der Waals surface area contributed by atoms with Crippen molar-refractivity contribution in [1.29, 1.82) is 0 Å². The molecule has 88 valence electrons. The molecule has 4 heteroatoms. The molecule has 1 saturated carbocycles. The summed E-state index contributed by atoms with van der Waals surface area (Å²) in [5, 5.41) is 1.63. The Morgan fingerprint density at radius 3 is 2.81 bits per heavy atom.